The second-order valence-electron chi connectivity index (χ2n) is 8.99. The first-order valence-electron chi connectivity index (χ1n) is 12.0. The van der Waals surface area contributed by atoms with Crippen LogP contribution < -0.4 is 10.2 Å². The first-order valence-corrected chi connectivity index (χ1v) is 12.0. The minimum absolute atomic E-state index is 0.0378. The summed E-state index contributed by atoms with van der Waals surface area (Å²) in [6, 6.07) is 28.1. The number of hydrogen-bond acceptors (Lipinski definition) is 4. The number of para-hydroxylation sites is 1. The van der Waals surface area contributed by atoms with Gasteiger partial charge in [0.1, 0.15) is 12.1 Å². The molecule has 2 fully saturated rings. The molecule has 0 saturated carbocycles. The summed E-state index contributed by atoms with van der Waals surface area (Å²) < 4.78 is 5.58. The Labute approximate surface area is 205 Å². The van der Waals surface area contributed by atoms with Crippen LogP contribution in [0.4, 0.5) is 10.5 Å². The molecule has 2 aliphatic rings. The van der Waals surface area contributed by atoms with Gasteiger partial charge in [0, 0.05) is 18.8 Å². The summed E-state index contributed by atoms with van der Waals surface area (Å²) in [7, 11) is 0. The van der Waals surface area contributed by atoms with E-state index in [1.165, 1.54) is 0 Å². The number of amides is 2. The molecule has 3 aromatic rings. The van der Waals surface area contributed by atoms with Crippen LogP contribution >= 0.6 is 0 Å². The van der Waals surface area contributed by atoms with E-state index in [4.69, 9.17) is 4.74 Å². The summed E-state index contributed by atoms with van der Waals surface area (Å²) in [5, 5.41) is 2.99. The maximum absolute atomic E-state index is 12.8. The van der Waals surface area contributed by atoms with Gasteiger partial charge >= 0.3 is 6.09 Å². The van der Waals surface area contributed by atoms with E-state index in [0.717, 1.165) is 22.4 Å². The van der Waals surface area contributed by atoms with E-state index in [-0.39, 0.29) is 18.6 Å². The van der Waals surface area contributed by atoms with Crippen LogP contribution in [0.3, 0.4) is 0 Å². The van der Waals surface area contributed by atoms with Gasteiger partial charge in [-0.2, -0.15) is 0 Å². The summed E-state index contributed by atoms with van der Waals surface area (Å²) in [5.74, 6) is 0.0378. The normalized spacial score (nSPS) is 17.1. The van der Waals surface area contributed by atoms with Gasteiger partial charge in [-0.1, -0.05) is 84.9 Å². The molecular formula is C29H29N3O3. The molecule has 0 bridgehead atoms. The third-order valence-corrected chi connectivity index (χ3v) is 6.86. The molecule has 3 aromatic carbocycles. The van der Waals surface area contributed by atoms with Gasteiger partial charge in [0.15, 0.2) is 0 Å². The maximum atomic E-state index is 12.8. The van der Waals surface area contributed by atoms with Gasteiger partial charge in [0.25, 0.3) is 0 Å². The molecular weight excluding hydrogens is 438 g/mol. The number of likely N-dealkylation sites (tertiary alicyclic amines) is 1. The fraction of sp³-hybridized carbons (Fsp3) is 0.241. The minimum Gasteiger partial charge on any atom is -0.445 e. The van der Waals surface area contributed by atoms with Gasteiger partial charge < -0.3 is 19.9 Å². The average molecular weight is 468 g/mol. The second kappa shape index (κ2) is 10.1. The first-order chi connectivity index (χ1) is 17.1. The van der Waals surface area contributed by atoms with E-state index < -0.39 is 5.54 Å². The molecule has 35 heavy (non-hydrogen) atoms. The van der Waals surface area contributed by atoms with Crippen molar-refractivity contribution in [3.63, 3.8) is 0 Å². The Morgan fingerprint density at radius 3 is 2.11 bits per heavy atom. The molecule has 6 heteroatoms. The smallest absolute Gasteiger partial charge is 0.410 e. The number of anilines is 1. The zero-order chi connectivity index (χ0) is 24.1. The van der Waals surface area contributed by atoms with E-state index in [9.17, 15) is 9.59 Å². The number of hydrogen-bond donors (Lipinski definition) is 1. The molecule has 1 spiro atoms. The van der Waals surface area contributed by atoms with Crippen molar-refractivity contribution in [2.75, 3.05) is 24.7 Å². The van der Waals surface area contributed by atoms with E-state index in [0.29, 0.717) is 32.6 Å². The number of benzene rings is 3. The third kappa shape index (κ3) is 4.92. The molecule has 0 aromatic heterocycles. The molecule has 6 nitrogen and oxygen atoms in total. The van der Waals surface area contributed by atoms with Crippen LogP contribution in [0.1, 0.15) is 29.5 Å². The molecule has 2 amide bonds. The molecule has 0 atom stereocenters. The van der Waals surface area contributed by atoms with E-state index in [2.05, 4.69) is 34.5 Å². The van der Waals surface area contributed by atoms with Crippen molar-refractivity contribution in [3.8, 4) is 0 Å². The molecule has 2 saturated heterocycles. The Balaban J connectivity index is 1.14. The molecule has 0 radical (unpaired) electrons. The van der Waals surface area contributed by atoms with Gasteiger partial charge in [-0.05, 0) is 41.7 Å². The lowest BCUT2D eigenvalue weighted by Crippen LogP contribution is -2.57. The lowest BCUT2D eigenvalue weighted by Gasteiger charge is -2.42. The van der Waals surface area contributed by atoms with Gasteiger partial charge in [0.2, 0.25) is 5.91 Å². The van der Waals surface area contributed by atoms with E-state index in [1.54, 1.807) is 4.90 Å². The highest BCUT2D eigenvalue weighted by atomic mass is 16.6. The number of piperidine rings is 1. The summed E-state index contributed by atoms with van der Waals surface area (Å²) in [4.78, 5) is 29.3. The zero-order valence-electron chi connectivity index (χ0n) is 19.6. The fourth-order valence-corrected chi connectivity index (χ4v) is 4.81. The Morgan fingerprint density at radius 2 is 1.46 bits per heavy atom. The number of carbonyl (C=O) groups is 2. The molecule has 178 valence electrons. The largest absolute Gasteiger partial charge is 0.445 e. The third-order valence-electron chi connectivity index (χ3n) is 6.86. The predicted molar refractivity (Wildman–Crippen MR) is 137 cm³/mol. The van der Waals surface area contributed by atoms with Crippen LogP contribution in [0.5, 0.6) is 0 Å². The summed E-state index contributed by atoms with van der Waals surface area (Å²) >= 11 is 0. The highest BCUT2D eigenvalue weighted by Gasteiger charge is 2.50. The lowest BCUT2D eigenvalue weighted by atomic mass is 9.86. The topological polar surface area (TPSA) is 61.9 Å². The molecule has 5 rings (SSSR count). The van der Waals surface area contributed by atoms with Crippen LogP contribution in [0.15, 0.2) is 84.9 Å². The number of ether oxygens (including phenoxy) is 1. The van der Waals surface area contributed by atoms with Gasteiger partial charge in [-0.3, -0.25) is 4.79 Å². The number of nitrogens with one attached hydrogen (secondary N) is 1. The number of nitrogens with zero attached hydrogens (tertiary/aromatic N) is 2. The Kier molecular flexibility index (Phi) is 6.53. The second-order valence-corrected chi connectivity index (χ2v) is 8.99. The van der Waals surface area contributed by atoms with Gasteiger partial charge in [-0.15, -0.1) is 0 Å². The Hall–Kier alpha value is -4.06. The van der Waals surface area contributed by atoms with Crippen molar-refractivity contribution in [1.82, 2.24) is 10.2 Å². The molecule has 2 heterocycles. The fourth-order valence-electron chi connectivity index (χ4n) is 4.81. The van der Waals surface area contributed by atoms with Crippen molar-refractivity contribution in [2.24, 2.45) is 0 Å². The van der Waals surface area contributed by atoms with Gasteiger partial charge in [-0.25, -0.2) is 4.79 Å². The molecule has 0 unspecified atom stereocenters. The standard InChI is InChI=1S/C29H29N3O3/c33-27-29(32(22-30-27)26-9-5-2-6-10-26)17-19-31(20-18-29)28(34)35-21-25-15-13-24(14-16-25)12-11-23-7-3-1-4-8-23/h1-16H,17-22H2,(H,30,33)/b12-11+. The summed E-state index contributed by atoms with van der Waals surface area (Å²) in [6.45, 7) is 1.68. The van der Waals surface area contributed by atoms with Crippen LogP contribution in [0.2, 0.25) is 0 Å². The van der Waals surface area contributed by atoms with Crippen molar-refractivity contribution in [2.45, 2.75) is 25.0 Å². The number of carbonyl (C=O) groups excluding carboxylic acids is 2. The van der Waals surface area contributed by atoms with E-state index >= 15 is 0 Å². The van der Waals surface area contributed by atoms with Crippen molar-refractivity contribution < 1.29 is 14.3 Å². The van der Waals surface area contributed by atoms with Crippen molar-refractivity contribution in [3.05, 3.63) is 102 Å². The zero-order valence-corrected chi connectivity index (χ0v) is 19.6. The summed E-state index contributed by atoms with van der Waals surface area (Å²) in [6.07, 6.45) is 4.95. The Morgan fingerprint density at radius 1 is 0.857 bits per heavy atom. The van der Waals surface area contributed by atoms with E-state index in [1.807, 2.05) is 72.8 Å². The van der Waals surface area contributed by atoms with Crippen molar-refractivity contribution in [1.29, 1.82) is 0 Å². The van der Waals surface area contributed by atoms with Crippen molar-refractivity contribution >= 4 is 29.8 Å². The quantitative estimate of drug-likeness (QED) is 0.541. The van der Waals surface area contributed by atoms with Crippen LogP contribution in [0, 0.1) is 0 Å². The maximum Gasteiger partial charge on any atom is 0.410 e. The van der Waals surface area contributed by atoms with Crippen LogP contribution in [0.25, 0.3) is 12.2 Å². The van der Waals surface area contributed by atoms with Crippen LogP contribution in [-0.4, -0.2) is 42.2 Å². The molecule has 2 aliphatic heterocycles. The molecule has 1 N–H and O–H groups in total. The van der Waals surface area contributed by atoms with Crippen LogP contribution in [-0.2, 0) is 16.1 Å². The lowest BCUT2D eigenvalue weighted by molar-refractivity contribution is -0.125. The summed E-state index contributed by atoms with van der Waals surface area (Å²) in [5.41, 5.74) is 3.58. The minimum atomic E-state index is -0.610. The monoisotopic (exact) mass is 467 g/mol. The molecule has 0 aliphatic carbocycles. The number of rotatable bonds is 5. The SMILES string of the molecule is O=C(OCc1ccc(/C=C/c2ccccc2)cc1)N1CCC2(CC1)C(=O)NCN2c1ccccc1. The average Bonchev–Trinajstić information content (AvgIpc) is 3.23. The van der Waals surface area contributed by atoms with Gasteiger partial charge in [0.05, 0.1) is 6.67 Å². The predicted octanol–water partition coefficient (Wildman–Crippen LogP) is 4.92. The highest BCUT2D eigenvalue weighted by Crippen LogP contribution is 2.36. The first kappa shape index (κ1) is 22.7. The Bertz CT molecular complexity index is 1180. The highest BCUT2D eigenvalue weighted by molar-refractivity contribution is 5.93.